The molecule has 2 aliphatic rings. The fourth-order valence-corrected chi connectivity index (χ4v) is 3.47. The Morgan fingerprint density at radius 2 is 2.30 bits per heavy atom. The summed E-state index contributed by atoms with van der Waals surface area (Å²) in [6.45, 7) is 3.02. The molecule has 2 aromatic rings. The summed E-state index contributed by atoms with van der Waals surface area (Å²) in [7, 11) is 0. The summed E-state index contributed by atoms with van der Waals surface area (Å²) >= 11 is 0. The molecule has 2 aromatic heterocycles. The second-order valence-corrected chi connectivity index (χ2v) is 6.17. The van der Waals surface area contributed by atoms with E-state index in [1.807, 2.05) is 24.0 Å². The Hall–Kier alpha value is -2.43. The summed E-state index contributed by atoms with van der Waals surface area (Å²) in [6, 6.07) is 6.01. The van der Waals surface area contributed by atoms with Crippen molar-refractivity contribution in [1.82, 2.24) is 9.97 Å². The summed E-state index contributed by atoms with van der Waals surface area (Å²) in [5, 5.41) is 0. The Bertz CT molecular complexity index is 760. The van der Waals surface area contributed by atoms with Gasteiger partial charge in [0.1, 0.15) is 12.3 Å². The molecule has 5 heteroatoms. The van der Waals surface area contributed by atoms with Gasteiger partial charge < -0.3 is 9.64 Å². The predicted octanol–water partition coefficient (Wildman–Crippen LogP) is 2.63. The van der Waals surface area contributed by atoms with E-state index in [1.165, 1.54) is 5.56 Å². The van der Waals surface area contributed by atoms with Crippen molar-refractivity contribution >= 4 is 11.6 Å². The van der Waals surface area contributed by atoms with E-state index in [9.17, 15) is 4.79 Å². The highest BCUT2D eigenvalue weighted by Crippen LogP contribution is 2.36. The molecule has 1 aliphatic carbocycles. The molecule has 0 fully saturated rings. The molecular formula is C18H19N3O2. The van der Waals surface area contributed by atoms with Crippen LogP contribution >= 0.6 is 0 Å². The van der Waals surface area contributed by atoms with Gasteiger partial charge in [0.05, 0.1) is 18.2 Å². The van der Waals surface area contributed by atoms with Gasteiger partial charge in [-0.1, -0.05) is 6.07 Å². The van der Waals surface area contributed by atoms with Gasteiger partial charge in [-0.2, -0.15) is 0 Å². The van der Waals surface area contributed by atoms with Crippen LogP contribution in [0.3, 0.4) is 0 Å². The van der Waals surface area contributed by atoms with Gasteiger partial charge in [-0.15, -0.1) is 0 Å². The Kier molecular flexibility index (Phi) is 3.48. The molecule has 3 heterocycles. The average molecular weight is 309 g/mol. The van der Waals surface area contributed by atoms with Crippen LogP contribution in [0.5, 0.6) is 5.88 Å². The first-order chi connectivity index (χ1) is 11.2. The number of hydrogen-bond donors (Lipinski definition) is 0. The SMILES string of the molecule is Cc1cnc2c(c1)N(C(=O)C1CCCc3cccnc31)CCO2. The number of anilines is 1. The molecule has 1 aliphatic heterocycles. The molecule has 0 spiro atoms. The first-order valence-electron chi connectivity index (χ1n) is 8.08. The molecule has 0 aromatic carbocycles. The number of hydrogen-bond acceptors (Lipinski definition) is 4. The van der Waals surface area contributed by atoms with E-state index in [2.05, 4.69) is 16.0 Å². The minimum absolute atomic E-state index is 0.113. The number of ether oxygens (including phenoxy) is 1. The second kappa shape index (κ2) is 5.65. The number of carbonyl (C=O) groups is 1. The molecule has 1 atom stereocenters. The Morgan fingerprint density at radius 1 is 1.39 bits per heavy atom. The van der Waals surface area contributed by atoms with Crippen molar-refractivity contribution in [3.8, 4) is 5.88 Å². The first kappa shape index (κ1) is 14.2. The number of nitrogens with zero attached hydrogens (tertiary/aromatic N) is 3. The molecule has 23 heavy (non-hydrogen) atoms. The van der Waals surface area contributed by atoms with Crippen LogP contribution in [0.1, 0.15) is 35.6 Å². The molecule has 0 radical (unpaired) electrons. The maximum atomic E-state index is 13.2. The molecular weight excluding hydrogens is 290 g/mol. The van der Waals surface area contributed by atoms with Gasteiger partial charge in [-0.25, -0.2) is 4.98 Å². The van der Waals surface area contributed by atoms with Crippen LogP contribution in [0.2, 0.25) is 0 Å². The maximum absolute atomic E-state index is 13.2. The van der Waals surface area contributed by atoms with E-state index in [0.29, 0.717) is 19.0 Å². The van der Waals surface area contributed by atoms with E-state index in [4.69, 9.17) is 4.74 Å². The number of pyridine rings is 2. The lowest BCUT2D eigenvalue weighted by molar-refractivity contribution is -0.120. The van der Waals surface area contributed by atoms with Crippen molar-refractivity contribution in [2.24, 2.45) is 0 Å². The van der Waals surface area contributed by atoms with Crippen LogP contribution in [0.25, 0.3) is 0 Å². The molecule has 118 valence electrons. The number of rotatable bonds is 1. The van der Waals surface area contributed by atoms with Crippen LogP contribution in [0.4, 0.5) is 5.69 Å². The summed E-state index contributed by atoms with van der Waals surface area (Å²) in [6.07, 6.45) is 6.44. The van der Waals surface area contributed by atoms with Crippen LogP contribution in [-0.4, -0.2) is 29.0 Å². The monoisotopic (exact) mass is 309 g/mol. The number of carbonyl (C=O) groups excluding carboxylic acids is 1. The molecule has 4 rings (SSSR count). The number of aryl methyl sites for hydroxylation is 2. The fourth-order valence-electron chi connectivity index (χ4n) is 3.47. The van der Waals surface area contributed by atoms with Crippen molar-refractivity contribution in [2.45, 2.75) is 32.1 Å². The molecule has 5 nitrogen and oxygen atoms in total. The first-order valence-corrected chi connectivity index (χ1v) is 8.08. The van der Waals surface area contributed by atoms with Gasteiger partial charge in [-0.05, 0) is 49.4 Å². The number of amides is 1. The summed E-state index contributed by atoms with van der Waals surface area (Å²) < 4.78 is 5.60. The lowest BCUT2D eigenvalue weighted by Crippen LogP contribution is -2.42. The minimum atomic E-state index is -0.161. The van der Waals surface area contributed by atoms with Gasteiger partial charge >= 0.3 is 0 Å². The summed E-state index contributed by atoms with van der Waals surface area (Å²) in [5.41, 5.74) is 3.95. The zero-order valence-electron chi connectivity index (χ0n) is 13.2. The zero-order chi connectivity index (χ0) is 15.8. The van der Waals surface area contributed by atoms with Crippen LogP contribution in [-0.2, 0) is 11.2 Å². The fraction of sp³-hybridized carbons (Fsp3) is 0.389. The average Bonchev–Trinajstić information content (AvgIpc) is 2.60. The van der Waals surface area contributed by atoms with Crippen molar-refractivity contribution < 1.29 is 9.53 Å². The second-order valence-electron chi connectivity index (χ2n) is 6.17. The largest absolute Gasteiger partial charge is 0.474 e. The maximum Gasteiger partial charge on any atom is 0.238 e. The lowest BCUT2D eigenvalue weighted by atomic mass is 9.85. The van der Waals surface area contributed by atoms with E-state index in [1.54, 1.807) is 12.4 Å². The van der Waals surface area contributed by atoms with E-state index < -0.39 is 0 Å². The van der Waals surface area contributed by atoms with Crippen molar-refractivity contribution in [1.29, 1.82) is 0 Å². The van der Waals surface area contributed by atoms with Crippen molar-refractivity contribution in [3.05, 3.63) is 47.4 Å². The highest BCUT2D eigenvalue weighted by Gasteiger charge is 2.34. The van der Waals surface area contributed by atoms with Crippen LogP contribution < -0.4 is 9.64 Å². The van der Waals surface area contributed by atoms with E-state index >= 15 is 0 Å². The number of fused-ring (bicyclic) bond motifs is 2. The quantitative estimate of drug-likeness (QED) is 0.812. The van der Waals surface area contributed by atoms with Gasteiger partial charge in [0.15, 0.2) is 0 Å². The molecule has 1 amide bonds. The molecule has 0 saturated carbocycles. The third kappa shape index (κ3) is 2.46. The van der Waals surface area contributed by atoms with Gasteiger partial charge in [-0.3, -0.25) is 9.78 Å². The van der Waals surface area contributed by atoms with E-state index in [-0.39, 0.29) is 11.8 Å². The van der Waals surface area contributed by atoms with Gasteiger partial charge in [0.25, 0.3) is 0 Å². The van der Waals surface area contributed by atoms with Gasteiger partial charge in [0.2, 0.25) is 11.8 Å². The Balaban J connectivity index is 1.71. The predicted molar refractivity (Wildman–Crippen MR) is 86.7 cm³/mol. The molecule has 1 unspecified atom stereocenters. The summed E-state index contributed by atoms with van der Waals surface area (Å²) in [4.78, 5) is 23.8. The third-order valence-corrected chi connectivity index (χ3v) is 4.57. The van der Waals surface area contributed by atoms with E-state index in [0.717, 1.165) is 36.2 Å². The molecule has 0 bridgehead atoms. The normalized spacial score (nSPS) is 19.5. The highest BCUT2D eigenvalue weighted by molar-refractivity contribution is 5.99. The Labute approximate surface area is 135 Å². The lowest BCUT2D eigenvalue weighted by Gasteiger charge is -2.33. The minimum Gasteiger partial charge on any atom is -0.474 e. The van der Waals surface area contributed by atoms with Crippen molar-refractivity contribution in [3.63, 3.8) is 0 Å². The Morgan fingerprint density at radius 3 is 3.22 bits per heavy atom. The summed E-state index contributed by atoms with van der Waals surface area (Å²) in [5.74, 6) is 0.500. The van der Waals surface area contributed by atoms with Gasteiger partial charge in [0, 0.05) is 12.4 Å². The molecule has 0 N–H and O–H groups in total. The third-order valence-electron chi connectivity index (χ3n) is 4.57. The number of aromatic nitrogens is 2. The van der Waals surface area contributed by atoms with Crippen molar-refractivity contribution in [2.75, 3.05) is 18.1 Å². The topological polar surface area (TPSA) is 55.3 Å². The smallest absolute Gasteiger partial charge is 0.238 e. The standard InChI is InChI=1S/C18H19N3O2/c1-12-10-15-17(20-11-12)23-9-8-21(15)18(22)14-6-2-4-13-5-3-7-19-16(13)14/h3,5,7,10-11,14H,2,4,6,8-9H2,1H3. The highest BCUT2D eigenvalue weighted by atomic mass is 16.5. The molecule has 0 saturated heterocycles. The van der Waals surface area contributed by atoms with Crippen LogP contribution in [0.15, 0.2) is 30.6 Å². The van der Waals surface area contributed by atoms with Crippen LogP contribution in [0, 0.1) is 6.92 Å². The zero-order valence-corrected chi connectivity index (χ0v) is 13.2.